The zero-order valence-corrected chi connectivity index (χ0v) is 19.5. The van der Waals surface area contributed by atoms with Crippen molar-refractivity contribution < 1.29 is 0 Å². The number of nitrogens with zero attached hydrogens (tertiary/aromatic N) is 4. The van der Waals surface area contributed by atoms with Crippen molar-refractivity contribution in [3.63, 3.8) is 0 Å². The lowest BCUT2D eigenvalue weighted by Gasteiger charge is -2.15. The van der Waals surface area contributed by atoms with Crippen LogP contribution in [0.1, 0.15) is 11.1 Å². The molecule has 0 atom stereocenters. The third-order valence-electron chi connectivity index (χ3n) is 4.85. The molecule has 31 heavy (non-hydrogen) atoms. The van der Waals surface area contributed by atoms with Crippen LogP contribution in [0.5, 0.6) is 0 Å². The zero-order chi connectivity index (χ0) is 22.0. The van der Waals surface area contributed by atoms with Gasteiger partial charge in [-0.1, -0.05) is 62.7 Å². The maximum Gasteiger partial charge on any atom is 0.326 e. The highest BCUT2D eigenvalue weighted by molar-refractivity contribution is 9.10. The Morgan fingerprint density at radius 3 is 2.19 bits per heavy atom. The average molecular weight is 542 g/mol. The van der Waals surface area contributed by atoms with Gasteiger partial charge in [0.2, 0.25) is 0 Å². The zero-order valence-electron chi connectivity index (χ0n) is 16.3. The molecule has 7 nitrogen and oxygen atoms in total. The van der Waals surface area contributed by atoms with E-state index in [-0.39, 0.29) is 5.69 Å². The number of aromatic amines is 1. The summed E-state index contributed by atoms with van der Waals surface area (Å²) in [6, 6.07) is 15.7. The fraction of sp³-hybridized carbons (Fsp3) is 0.0909. The first-order valence-electron chi connectivity index (χ1n) is 9.35. The molecular weight excluding hydrogens is 524 g/mol. The summed E-state index contributed by atoms with van der Waals surface area (Å²) in [5.74, 6) is 0.486. The topological polar surface area (TPSA) is 89.6 Å². The molecular formula is C22H18Br2N6O. The minimum Gasteiger partial charge on any atom is -0.311 e. The van der Waals surface area contributed by atoms with Gasteiger partial charge >= 0.3 is 5.69 Å². The molecule has 1 aromatic heterocycles. The van der Waals surface area contributed by atoms with E-state index in [4.69, 9.17) is 5.41 Å². The number of rotatable bonds is 5. The molecule has 0 saturated carbocycles. The lowest BCUT2D eigenvalue weighted by Crippen LogP contribution is -2.35. The number of H-pyrrole nitrogens is 1. The van der Waals surface area contributed by atoms with Crippen molar-refractivity contribution in [1.82, 2.24) is 14.5 Å². The molecule has 2 aromatic carbocycles. The molecule has 0 radical (unpaired) electrons. The molecule has 0 amide bonds. The Morgan fingerprint density at radius 2 is 1.61 bits per heavy atom. The molecule has 3 aromatic rings. The van der Waals surface area contributed by atoms with Gasteiger partial charge in [0.25, 0.3) is 0 Å². The van der Waals surface area contributed by atoms with Gasteiger partial charge in [-0.25, -0.2) is 14.8 Å². The van der Waals surface area contributed by atoms with Crippen LogP contribution in [0, 0.1) is 5.41 Å². The Kier molecular flexibility index (Phi) is 6.15. The number of amidine groups is 1. The minimum absolute atomic E-state index is 0.272. The fourth-order valence-corrected chi connectivity index (χ4v) is 3.82. The maximum absolute atomic E-state index is 12.6. The number of benzene rings is 2. The van der Waals surface area contributed by atoms with Gasteiger partial charge in [-0.3, -0.25) is 9.98 Å². The summed E-state index contributed by atoms with van der Waals surface area (Å²) in [4.78, 5) is 26.0. The molecule has 0 unspecified atom stereocenters. The third-order valence-corrected chi connectivity index (χ3v) is 5.90. The normalized spacial score (nSPS) is 16.3. The van der Waals surface area contributed by atoms with Crippen LogP contribution in [0.2, 0.25) is 0 Å². The fourth-order valence-electron chi connectivity index (χ4n) is 3.29. The maximum atomic E-state index is 12.6. The first-order chi connectivity index (χ1) is 15.0. The van der Waals surface area contributed by atoms with Gasteiger partial charge in [-0.2, -0.15) is 0 Å². The molecule has 1 aliphatic rings. The van der Waals surface area contributed by atoms with Crippen molar-refractivity contribution in [3.05, 3.63) is 89.8 Å². The summed E-state index contributed by atoms with van der Waals surface area (Å²) in [5, 5.41) is 8.49. The second kappa shape index (κ2) is 8.99. The van der Waals surface area contributed by atoms with Gasteiger partial charge in [-0.05, 0) is 35.4 Å². The van der Waals surface area contributed by atoms with E-state index in [1.165, 1.54) is 0 Å². The van der Waals surface area contributed by atoms with Crippen LogP contribution < -0.4 is 16.4 Å². The summed E-state index contributed by atoms with van der Waals surface area (Å²) in [6.45, 7) is 5.02. The first kappa shape index (κ1) is 21.2. The van der Waals surface area contributed by atoms with Crippen LogP contribution in [0.4, 0.5) is 0 Å². The lowest BCUT2D eigenvalue weighted by atomic mass is 10.2. The average Bonchev–Trinajstić information content (AvgIpc) is 3.27. The molecule has 2 heterocycles. The summed E-state index contributed by atoms with van der Waals surface area (Å²) < 4.78 is 3.54. The Hall–Kier alpha value is -3.04. The molecule has 4 rings (SSSR count). The Morgan fingerprint density at radius 1 is 1.03 bits per heavy atom. The van der Waals surface area contributed by atoms with E-state index in [2.05, 4.69) is 53.4 Å². The van der Waals surface area contributed by atoms with Gasteiger partial charge in [0.1, 0.15) is 12.0 Å². The van der Waals surface area contributed by atoms with E-state index in [1.807, 2.05) is 53.4 Å². The van der Waals surface area contributed by atoms with Gasteiger partial charge in [0, 0.05) is 8.95 Å². The molecule has 1 aliphatic heterocycles. The van der Waals surface area contributed by atoms with Crippen LogP contribution in [-0.4, -0.2) is 33.0 Å². The van der Waals surface area contributed by atoms with Crippen molar-refractivity contribution in [1.29, 1.82) is 5.41 Å². The third kappa shape index (κ3) is 4.52. The van der Waals surface area contributed by atoms with Crippen molar-refractivity contribution in [3.8, 4) is 0 Å². The standard InChI is InChI=1S/C22H18Br2N6O/c1-14-19(28-22(31)30(14)11-16-4-8-18(24)9-5-16)20-21(26-12-25)29(13-27-20)10-15-2-6-17(23)7-3-15/h2-9,12-13,25H,1,10-11H2,(H,28,31). The van der Waals surface area contributed by atoms with Crippen molar-refractivity contribution in [2.75, 3.05) is 0 Å². The van der Waals surface area contributed by atoms with E-state index in [0.29, 0.717) is 35.3 Å². The smallest absolute Gasteiger partial charge is 0.311 e. The number of halogens is 2. The van der Waals surface area contributed by atoms with E-state index in [9.17, 15) is 4.79 Å². The number of aromatic nitrogens is 2. The summed E-state index contributed by atoms with van der Waals surface area (Å²) in [6.07, 6.45) is 2.63. The number of imidazole rings is 1. The van der Waals surface area contributed by atoms with E-state index >= 15 is 0 Å². The van der Waals surface area contributed by atoms with Crippen LogP contribution in [-0.2, 0) is 13.1 Å². The Bertz CT molecular complexity index is 1350. The molecule has 0 fully saturated rings. The monoisotopic (exact) mass is 540 g/mol. The molecule has 0 saturated heterocycles. The Labute approximate surface area is 194 Å². The second-order valence-corrected chi connectivity index (χ2v) is 8.73. The summed E-state index contributed by atoms with van der Waals surface area (Å²) in [7, 11) is 0. The SMILES string of the molecule is C=c1c(=C2N=CN(Cc3ccc(Br)cc3)C2=NC=N)[nH]c(=O)n1Cc1ccc(Br)cc1. The number of aliphatic imine (C=N–C) groups is 2. The lowest BCUT2D eigenvalue weighted by molar-refractivity contribution is 0.636. The van der Waals surface area contributed by atoms with Crippen LogP contribution >= 0.6 is 31.9 Å². The van der Waals surface area contributed by atoms with E-state index in [0.717, 1.165) is 26.4 Å². The van der Waals surface area contributed by atoms with Gasteiger partial charge in [0.05, 0.1) is 30.1 Å². The minimum atomic E-state index is -0.272. The molecule has 0 aliphatic carbocycles. The van der Waals surface area contributed by atoms with Gasteiger partial charge in [0.15, 0.2) is 5.84 Å². The summed E-state index contributed by atoms with van der Waals surface area (Å²) in [5.41, 5.74) is 2.25. The first-order valence-corrected chi connectivity index (χ1v) is 10.9. The second-order valence-electron chi connectivity index (χ2n) is 6.89. The van der Waals surface area contributed by atoms with Gasteiger partial charge in [-0.15, -0.1) is 0 Å². The van der Waals surface area contributed by atoms with E-state index in [1.54, 1.807) is 10.9 Å². The highest BCUT2D eigenvalue weighted by Gasteiger charge is 2.23. The molecule has 9 heteroatoms. The van der Waals surface area contributed by atoms with Crippen LogP contribution in [0.3, 0.4) is 0 Å². The molecule has 0 bridgehead atoms. The predicted octanol–water partition coefficient (Wildman–Crippen LogP) is 2.82. The van der Waals surface area contributed by atoms with Crippen LogP contribution in [0.15, 0.2) is 72.3 Å². The van der Waals surface area contributed by atoms with E-state index < -0.39 is 0 Å². The number of hydrogen-bond donors (Lipinski definition) is 2. The largest absolute Gasteiger partial charge is 0.326 e. The van der Waals surface area contributed by atoms with Crippen molar-refractivity contribution in [2.24, 2.45) is 9.98 Å². The highest BCUT2D eigenvalue weighted by atomic mass is 79.9. The molecule has 0 spiro atoms. The molecule has 2 N–H and O–H groups in total. The highest BCUT2D eigenvalue weighted by Crippen LogP contribution is 2.17. The number of nitrogens with one attached hydrogen (secondary N) is 2. The Balaban J connectivity index is 1.72. The van der Waals surface area contributed by atoms with Gasteiger partial charge < -0.3 is 9.88 Å². The number of hydrogen-bond acceptors (Lipinski definition) is 3. The summed E-state index contributed by atoms with van der Waals surface area (Å²) >= 11 is 6.85. The van der Waals surface area contributed by atoms with Crippen LogP contribution in [0.25, 0.3) is 12.3 Å². The van der Waals surface area contributed by atoms with Crippen molar-refractivity contribution in [2.45, 2.75) is 13.1 Å². The van der Waals surface area contributed by atoms with Crippen molar-refractivity contribution >= 4 is 62.6 Å². The molecule has 156 valence electrons. The predicted molar refractivity (Wildman–Crippen MR) is 131 cm³/mol. The quantitative estimate of drug-likeness (QED) is 0.384.